The fourth-order valence-corrected chi connectivity index (χ4v) is 2.24. The number of hydrogen-bond acceptors (Lipinski definition) is 4. The fraction of sp³-hybridized carbons (Fsp3) is 0.429. The molecule has 0 radical (unpaired) electrons. The molecule has 0 N–H and O–H groups in total. The van der Waals surface area contributed by atoms with E-state index in [4.69, 9.17) is 10.00 Å². The summed E-state index contributed by atoms with van der Waals surface area (Å²) in [6.45, 7) is 0. The Hall–Kier alpha value is -1.68. The van der Waals surface area contributed by atoms with E-state index in [0.29, 0.717) is 11.3 Å². The van der Waals surface area contributed by atoms with Gasteiger partial charge in [-0.05, 0) is 42.4 Å². The van der Waals surface area contributed by atoms with Crippen molar-refractivity contribution in [1.82, 2.24) is 0 Å². The van der Waals surface area contributed by atoms with Crippen LogP contribution in [0.1, 0.15) is 23.2 Å². The van der Waals surface area contributed by atoms with Crippen molar-refractivity contribution in [2.75, 3.05) is 12.9 Å². The lowest BCUT2D eigenvalue weighted by atomic mass is 10.0. The molecule has 0 amide bonds. The van der Waals surface area contributed by atoms with Gasteiger partial charge in [-0.2, -0.15) is 18.4 Å². The number of nitriles is 1. The molecule has 0 aromatic heterocycles. The van der Waals surface area contributed by atoms with Crippen LogP contribution in [0.2, 0.25) is 0 Å². The molecule has 21 heavy (non-hydrogen) atoms. The first-order valence-corrected chi connectivity index (χ1v) is 7.12. The maximum absolute atomic E-state index is 12.1. The van der Waals surface area contributed by atoms with E-state index in [-0.39, 0.29) is 36.1 Å². The zero-order valence-corrected chi connectivity index (χ0v) is 12.1. The Morgan fingerprint density at radius 3 is 2.48 bits per heavy atom. The summed E-state index contributed by atoms with van der Waals surface area (Å²) in [6, 6.07) is 8.25. The standard InChI is InChI=1S/C14H14F3NO2S/c1-20-12-5-3-11(4-6-12)13(19)7-2-10(8-18)9-21-14(15,16)17/h3-6,10H,2,7,9H2,1H3. The van der Waals surface area contributed by atoms with Gasteiger partial charge in [-0.1, -0.05) is 0 Å². The van der Waals surface area contributed by atoms with Gasteiger partial charge >= 0.3 is 5.51 Å². The summed E-state index contributed by atoms with van der Waals surface area (Å²) in [7, 11) is 1.51. The number of nitrogens with zero attached hydrogens (tertiary/aromatic N) is 1. The third-order valence-electron chi connectivity index (χ3n) is 2.76. The lowest BCUT2D eigenvalue weighted by Gasteiger charge is -2.10. The number of benzene rings is 1. The van der Waals surface area contributed by atoms with E-state index < -0.39 is 11.4 Å². The zero-order valence-electron chi connectivity index (χ0n) is 11.3. The Balaban J connectivity index is 2.48. The first kappa shape index (κ1) is 17.4. The summed E-state index contributed by atoms with van der Waals surface area (Å²) < 4.78 is 41.2. The normalized spacial score (nSPS) is 12.5. The maximum atomic E-state index is 12.1. The van der Waals surface area contributed by atoms with E-state index >= 15 is 0 Å². The minimum atomic E-state index is -4.35. The van der Waals surface area contributed by atoms with Gasteiger partial charge in [-0.3, -0.25) is 4.79 Å². The van der Waals surface area contributed by atoms with Crippen molar-refractivity contribution in [3.05, 3.63) is 29.8 Å². The molecule has 1 rings (SSSR count). The molecule has 0 aliphatic rings. The number of hydrogen-bond donors (Lipinski definition) is 0. The molecule has 1 aromatic carbocycles. The lowest BCUT2D eigenvalue weighted by molar-refractivity contribution is -0.0329. The van der Waals surface area contributed by atoms with E-state index in [2.05, 4.69) is 0 Å². The Morgan fingerprint density at radius 1 is 1.38 bits per heavy atom. The van der Waals surface area contributed by atoms with Gasteiger partial charge in [0.1, 0.15) is 5.75 Å². The SMILES string of the molecule is COc1ccc(C(=O)CCC(C#N)CSC(F)(F)F)cc1. The van der Waals surface area contributed by atoms with Crippen LogP contribution in [0.5, 0.6) is 5.75 Å². The van der Waals surface area contributed by atoms with Crippen molar-refractivity contribution in [1.29, 1.82) is 5.26 Å². The molecule has 0 saturated carbocycles. The van der Waals surface area contributed by atoms with E-state index in [1.807, 2.05) is 0 Å². The first-order valence-electron chi connectivity index (χ1n) is 6.13. The van der Waals surface area contributed by atoms with Crippen LogP contribution in [0, 0.1) is 17.2 Å². The van der Waals surface area contributed by atoms with Gasteiger partial charge in [0.2, 0.25) is 0 Å². The maximum Gasteiger partial charge on any atom is 0.441 e. The van der Waals surface area contributed by atoms with E-state index in [1.165, 1.54) is 7.11 Å². The smallest absolute Gasteiger partial charge is 0.441 e. The molecular weight excluding hydrogens is 303 g/mol. The largest absolute Gasteiger partial charge is 0.497 e. The minimum Gasteiger partial charge on any atom is -0.497 e. The van der Waals surface area contributed by atoms with Crippen molar-refractivity contribution < 1.29 is 22.7 Å². The predicted molar refractivity (Wildman–Crippen MR) is 74.2 cm³/mol. The second-order valence-corrected chi connectivity index (χ2v) is 5.36. The van der Waals surface area contributed by atoms with Gasteiger partial charge in [0.05, 0.1) is 19.1 Å². The molecule has 0 fully saturated rings. The topological polar surface area (TPSA) is 50.1 Å². The van der Waals surface area contributed by atoms with E-state index in [0.717, 1.165) is 0 Å². The average molecular weight is 317 g/mol. The highest BCUT2D eigenvalue weighted by atomic mass is 32.2. The van der Waals surface area contributed by atoms with Gasteiger partial charge in [0.25, 0.3) is 0 Å². The molecule has 0 saturated heterocycles. The number of alkyl halides is 3. The van der Waals surface area contributed by atoms with Crippen LogP contribution in [0.15, 0.2) is 24.3 Å². The second kappa shape index (κ2) is 7.93. The van der Waals surface area contributed by atoms with Crippen LogP contribution in [0.3, 0.4) is 0 Å². The highest BCUT2D eigenvalue weighted by molar-refractivity contribution is 8.00. The highest BCUT2D eigenvalue weighted by Crippen LogP contribution is 2.32. The fourth-order valence-electron chi connectivity index (χ4n) is 1.61. The van der Waals surface area contributed by atoms with E-state index in [9.17, 15) is 18.0 Å². The highest BCUT2D eigenvalue weighted by Gasteiger charge is 2.29. The third-order valence-corrected chi connectivity index (χ3v) is 3.66. The molecule has 7 heteroatoms. The Morgan fingerprint density at radius 2 is 2.00 bits per heavy atom. The monoisotopic (exact) mass is 317 g/mol. The van der Waals surface area contributed by atoms with Crippen molar-refractivity contribution in [2.45, 2.75) is 18.3 Å². The average Bonchev–Trinajstić information content (AvgIpc) is 2.46. The molecule has 1 unspecified atom stereocenters. The zero-order chi connectivity index (χ0) is 15.9. The van der Waals surface area contributed by atoms with Gasteiger partial charge in [0.15, 0.2) is 5.78 Å². The minimum absolute atomic E-state index is 0.0446. The quantitative estimate of drug-likeness (QED) is 0.712. The summed E-state index contributed by atoms with van der Waals surface area (Å²) in [5.74, 6) is -0.729. The summed E-state index contributed by atoms with van der Waals surface area (Å²) in [5.41, 5.74) is -3.90. The van der Waals surface area contributed by atoms with Crippen molar-refractivity contribution in [3.8, 4) is 11.8 Å². The number of Topliss-reactive ketones (excluding diaryl/α,β-unsaturated/α-hetero) is 1. The van der Waals surface area contributed by atoms with Crippen LogP contribution in [-0.2, 0) is 0 Å². The van der Waals surface area contributed by atoms with Gasteiger partial charge in [-0.15, -0.1) is 0 Å². The predicted octanol–water partition coefficient (Wildman–Crippen LogP) is 4.05. The molecule has 0 heterocycles. The van der Waals surface area contributed by atoms with Gasteiger partial charge < -0.3 is 4.74 Å². The van der Waals surface area contributed by atoms with Crippen molar-refractivity contribution >= 4 is 17.5 Å². The lowest BCUT2D eigenvalue weighted by Crippen LogP contribution is -2.10. The van der Waals surface area contributed by atoms with Gasteiger partial charge in [-0.25, -0.2) is 0 Å². The number of carbonyl (C=O) groups is 1. The number of halogens is 3. The molecule has 0 spiro atoms. The molecule has 1 atom stereocenters. The molecule has 1 aromatic rings. The number of thioether (sulfide) groups is 1. The number of rotatable bonds is 7. The molecular formula is C14H14F3NO2S. The summed E-state index contributed by atoms with van der Waals surface area (Å²) >= 11 is -0.232. The van der Waals surface area contributed by atoms with Crippen molar-refractivity contribution in [2.24, 2.45) is 5.92 Å². The molecule has 0 bridgehead atoms. The van der Waals surface area contributed by atoms with E-state index in [1.54, 1.807) is 30.3 Å². The third kappa shape index (κ3) is 6.54. The van der Waals surface area contributed by atoms with Crippen LogP contribution >= 0.6 is 11.8 Å². The van der Waals surface area contributed by atoms with Crippen LogP contribution in [0.4, 0.5) is 13.2 Å². The number of carbonyl (C=O) groups excluding carboxylic acids is 1. The van der Waals surface area contributed by atoms with Crippen LogP contribution < -0.4 is 4.74 Å². The molecule has 3 nitrogen and oxygen atoms in total. The number of ether oxygens (including phenoxy) is 1. The summed E-state index contributed by atoms with van der Waals surface area (Å²) in [4.78, 5) is 11.9. The first-order chi connectivity index (χ1) is 9.85. The van der Waals surface area contributed by atoms with Crippen LogP contribution in [-0.4, -0.2) is 24.2 Å². The Kier molecular flexibility index (Phi) is 6.56. The summed E-state index contributed by atoms with van der Waals surface area (Å²) in [5, 5.41) is 8.82. The molecule has 0 aliphatic heterocycles. The Bertz CT molecular complexity index is 508. The second-order valence-electron chi connectivity index (χ2n) is 4.27. The van der Waals surface area contributed by atoms with Gasteiger partial charge in [0, 0.05) is 17.7 Å². The molecule has 114 valence electrons. The Labute approximate surface area is 125 Å². The number of ketones is 1. The molecule has 0 aliphatic carbocycles. The van der Waals surface area contributed by atoms with Crippen molar-refractivity contribution in [3.63, 3.8) is 0 Å². The van der Waals surface area contributed by atoms with Crippen LogP contribution in [0.25, 0.3) is 0 Å². The summed E-state index contributed by atoms with van der Waals surface area (Å²) in [6.07, 6.45) is 0.160. The number of methoxy groups -OCH3 is 1.